The minimum Gasteiger partial charge on any atom is -0.397 e. The van der Waals surface area contributed by atoms with E-state index in [2.05, 4.69) is 13.8 Å². The van der Waals surface area contributed by atoms with Crippen molar-refractivity contribution >= 4 is 23.0 Å². The number of nitrogen functional groups attached to an aromatic ring is 2. The summed E-state index contributed by atoms with van der Waals surface area (Å²) < 4.78 is 0. The molecule has 0 aliphatic heterocycles. The molecule has 0 saturated carbocycles. The van der Waals surface area contributed by atoms with Gasteiger partial charge in [-0.25, -0.2) is 0 Å². The summed E-state index contributed by atoms with van der Waals surface area (Å²) in [5.74, 6) is 0. The zero-order valence-electron chi connectivity index (χ0n) is 8.95. The molecule has 2 nitrogen and oxygen atoms in total. The van der Waals surface area contributed by atoms with Gasteiger partial charge in [0, 0.05) is 5.02 Å². The van der Waals surface area contributed by atoms with Crippen molar-refractivity contribution in [3.8, 4) is 0 Å². The van der Waals surface area contributed by atoms with E-state index in [1.54, 1.807) is 0 Å². The van der Waals surface area contributed by atoms with E-state index in [1.165, 1.54) is 0 Å². The quantitative estimate of drug-likeness (QED) is 0.741. The van der Waals surface area contributed by atoms with Crippen LogP contribution >= 0.6 is 11.6 Å². The first-order valence-electron chi connectivity index (χ1n) is 4.89. The molecule has 14 heavy (non-hydrogen) atoms. The van der Waals surface area contributed by atoms with Gasteiger partial charge in [-0.3, -0.25) is 0 Å². The van der Waals surface area contributed by atoms with E-state index in [0.29, 0.717) is 11.4 Å². The minimum atomic E-state index is 0.629. The third kappa shape index (κ3) is 1.55. The van der Waals surface area contributed by atoms with E-state index < -0.39 is 0 Å². The minimum absolute atomic E-state index is 0.629. The van der Waals surface area contributed by atoms with E-state index in [1.807, 2.05) is 6.92 Å². The molecule has 78 valence electrons. The van der Waals surface area contributed by atoms with Gasteiger partial charge in [-0.2, -0.15) is 0 Å². The fourth-order valence-electron chi connectivity index (χ4n) is 1.78. The molecule has 0 bridgehead atoms. The molecule has 0 amide bonds. The summed E-state index contributed by atoms with van der Waals surface area (Å²) in [6, 6.07) is 0. The fraction of sp³-hybridized carbons (Fsp3) is 0.455. The molecule has 0 radical (unpaired) electrons. The number of rotatable bonds is 2. The highest BCUT2D eigenvalue weighted by Gasteiger charge is 2.14. The van der Waals surface area contributed by atoms with Crippen LogP contribution in [0.4, 0.5) is 11.4 Å². The van der Waals surface area contributed by atoms with Crippen molar-refractivity contribution in [1.82, 2.24) is 0 Å². The van der Waals surface area contributed by atoms with Crippen molar-refractivity contribution in [1.29, 1.82) is 0 Å². The van der Waals surface area contributed by atoms with Crippen LogP contribution in [0.5, 0.6) is 0 Å². The van der Waals surface area contributed by atoms with Gasteiger partial charge < -0.3 is 11.5 Å². The van der Waals surface area contributed by atoms with Gasteiger partial charge in [-0.1, -0.05) is 25.4 Å². The molecular weight excluding hydrogens is 196 g/mol. The van der Waals surface area contributed by atoms with Crippen LogP contribution < -0.4 is 11.5 Å². The number of hydrogen-bond donors (Lipinski definition) is 2. The van der Waals surface area contributed by atoms with Gasteiger partial charge in [0.25, 0.3) is 0 Å². The third-order valence-electron chi connectivity index (χ3n) is 2.68. The molecule has 0 unspecified atom stereocenters. The molecule has 3 heteroatoms. The van der Waals surface area contributed by atoms with E-state index >= 15 is 0 Å². The summed E-state index contributed by atoms with van der Waals surface area (Å²) in [6.07, 6.45) is 1.77. The normalized spacial score (nSPS) is 10.6. The number of halogens is 1. The van der Waals surface area contributed by atoms with Crippen molar-refractivity contribution < 1.29 is 0 Å². The second kappa shape index (κ2) is 4.09. The molecular formula is C11H17ClN2. The standard InChI is InChI=1S/C11H17ClN2/c1-4-7-8(5-2)11(14)10(13)6(3)9(7)12/h4-5,13-14H2,1-3H3. The molecule has 0 saturated heterocycles. The molecule has 0 atom stereocenters. The second-order valence-electron chi connectivity index (χ2n) is 3.43. The summed E-state index contributed by atoms with van der Waals surface area (Å²) in [5.41, 5.74) is 16.3. The molecule has 0 aromatic heterocycles. The van der Waals surface area contributed by atoms with Crippen molar-refractivity contribution in [2.24, 2.45) is 0 Å². The lowest BCUT2D eigenvalue weighted by Crippen LogP contribution is -2.06. The molecule has 1 rings (SSSR count). The van der Waals surface area contributed by atoms with Gasteiger partial charge in [0.05, 0.1) is 11.4 Å². The summed E-state index contributed by atoms with van der Waals surface area (Å²) >= 11 is 6.22. The number of hydrogen-bond acceptors (Lipinski definition) is 2. The maximum atomic E-state index is 6.22. The monoisotopic (exact) mass is 212 g/mol. The number of anilines is 2. The Morgan fingerprint density at radius 3 is 1.93 bits per heavy atom. The van der Waals surface area contributed by atoms with Crippen LogP contribution in [-0.2, 0) is 12.8 Å². The topological polar surface area (TPSA) is 52.0 Å². The lowest BCUT2D eigenvalue weighted by Gasteiger charge is -2.16. The Morgan fingerprint density at radius 2 is 1.50 bits per heavy atom. The molecule has 0 aliphatic carbocycles. The van der Waals surface area contributed by atoms with Gasteiger partial charge in [0.2, 0.25) is 0 Å². The first kappa shape index (κ1) is 11.2. The average Bonchev–Trinajstić information content (AvgIpc) is 2.20. The molecule has 1 aromatic rings. The van der Waals surface area contributed by atoms with Crippen LogP contribution in [-0.4, -0.2) is 0 Å². The van der Waals surface area contributed by atoms with Gasteiger partial charge in [0.1, 0.15) is 0 Å². The van der Waals surface area contributed by atoms with Crippen LogP contribution in [0, 0.1) is 6.92 Å². The van der Waals surface area contributed by atoms with Crippen LogP contribution in [0.3, 0.4) is 0 Å². The SMILES string of the molecule is CCc1c(N)c(N)c(C)c(Cl)c1CC. The Bertz CT molecular complexity index is 324. The summed E-state index contributed by atoms with van der Waals surface area (Å²) in [5, 5.41) is 0.774. The van der Waals surface area contributed by atoms with Crippen molar-refractivity contribution in [2.45, 2.75) is 33.6 Å². The van der Waals surface area contributed by atoms with E-state index in [0.717, 1.165) is 34.6 Å². The third-order valence-corrected chi connectivity index (χ3v) is 3.20. The smallest absolute Gasteiger partial charge is 0.0595 e. The van der Waals surface area contributed by atoms with Crippen molar-refractivity contribution in [2.75, 3.05) is 11.5 Å². The lowest BCUT2D eigenvalue weighted by atomic mass is 9.96. The largest absolute Gasteiger partial charge is 0.397 e. The second-order valence-corrected chi connectivity index (χ2v) is 3.81. The summed E-state index contributed by atoms with van der Waals surface area (Å²) in [7, 11) is 0. The average molecular weight is 213 g/mol. The van der Waals surface area contributed by atoms with Crippen LogP contribution in [0.1, 0.15) is 30.5 Å². The fourth-order valence-corrected chi connectivity index (χ4v) is 2.13. The Kier molecular flexibility index (Phi) is 3.27. The molecule has 4 N–H and O–H groups in total. The Labute approximate surface area is 90.2 Å². The number of benzene rings is 1. The maximum Gasteiger partial charge on any atom is 0.0595 e. The first-order chi connectivity index (χ1) is 6.54. The molecule has 0 heterocycles. The highest BCUT2D eigenvalue weighted by Crippen LogP contribution is 2.35. The van der Waals surface area contributed by atoms with Crippen LogP contribution in [0.25, 0.3) is 0 Å². The predicted octanol–water partition coefficient (Wildman–Crippen LogP) is 2.94. The Hall–Kier alpha value is -0.890. The highest BCUT2D eigenvalue weighted by atomic mass is 35.5. The maximum absolute atomic E-state index is 6.22. The highest BCUT2D eigenvalue weighted by molar-refractivity contribution is 6.33. The Morgan fingerprint density at radius 1 is 1.00 bits per heavy atom. The molecule has 0 aliphatic rings. The molecule has 0 fully saturated rings. The summed E-state index contributed by atoms with van der Waals surface area (Å²) in [4.78, 5) is 0. The Balaban J connectivity index is 3.57. The van der Waals surface area contributed by atoms with Crippen LogP contribution in [0.2, 0.25) is 5.02 Å². The predicted molar refractivity (Wildman–Crippen MR) is 63.8 cm³/mol. The van der Waals surface area contributed by atoms with Crippen molar-refractivity contribution in [3.05, 3.63) is 21.7 Å². The summed E-state index contributed by atoms with van der Waals surface area (Å²) in [6.45, 7) is 6.05. The van der Waals surface area contributed by atoms with Gasteiger partial charge >= 0.3 is 0 Å². The van der Waals surface area contributed by atoms with Crippen LogP contribution in [0.15, 0.2) is 0 Å². The van der Waals surface area contributed by atoms with Gasteiger partial charge in [-0.05, 0) is 36.5 Å². The molecule has 1 aromatic carbocycles. The van der Waals surface area contributed by atoms with E-state index in [4.69, 9.17) is 23.1 Å². The van der Waals surface area contributed by atoms with Crippen molar-refractivity contribution in [3.63, 3.8) is 0 Å². The zero-order chi connectivity index (χ0) is 10.9. The van der Waals surface area contributed by atoms with Gasteiger partial charge in [0.15, 0.2) is 0 Å². The zero-order valence-corrected chi connectivity index (χ0v) is 9.70. The lowest BCUT2D eigenvalue weighted by molar-refractivity contribution is 1.04. The van der Waals surface area contributed by atoms with E-state index in [-0.39, 0.29) is 0 Å². The number of nitrogens with two attached hydrogens (primary N) is 2. The first-order valence-corrected chi connectivity index (χ1v) is 5.27. The van der Waals surface area contributed by atoms with Gasteiger partial charge in [-0.15, -0.1) is 0 Å². The molecule has 0 spiro atoms. The van der Waals surface area contributed by atoms with E-state index in [9.17, 15) is 0 Å².